The number of nitrogens with one attached hydrogen (secondary N) is 1. The fraction of sp³-hybridized carbons (Fsp3) is 0. The molecule has 0 fully saturated rings. The third-order valence-electron chi connectivity index (χ3n) is 1.46. The van der Waals surface area contributed by atoms with Crippen molar-refractivity contribution in [3.05, 3.63) is 35.4 Å². The molecule has 5 heteroatoms. The van der Waals surface area contributed by atoms with Crippen molar-refractivity contribution in [3.63, 3.8) is 0 Å². The lowest BCUT2D eigenvalue weighted by Gasteiger charge is -2.00. The van der Waals surface area contributed by atoms with Gasteiger partial charge in [-0.2, -0.15) is 0 Å². The quantitative estimate of drug-likeness (QED) is 0.446. The first-order chi connectivity index (χ1) is 6.27. The van der Waals surface area contributed by atoms with Crippen LogP contribution in [0.5, 0.6) is 0 Å². The van der Waals surface area contributed by atoms with Crippen LogP contribution in [0.3, 0.4) is 0 Å². The number of carbonyl (C=O) groups is 2. The molecule has 0 aliphatic rings. The van der Waals surface area contributed by atoms with Crippen LogP contribution in [0.4, 0.5) is 0 Å². The van der Waals surface area contributed by atoms with Gasteiger partial charge in [0.15, 0.2) is 0 Å². The first-order valence-electron chi connectivity index (χ1n) is 3.49. The highest BCUT2D eigenvalue weighted by Gasteiger charge is 2.03. The number of rotatable bonds is 3. The van der Waals surface area contributed by atoms with Crippen molar-refractivity contribution in [3.8, 4) is 0 Å². The zero-order chi connectivity index (χ0) is 9.68. The third-order valence-corrected chi connectivity index (χ3v) is 1.58. The second-order valence-electron chi connectivity index (χ2n) is 2.29. The molecule has 0 bridgehead atoms. The molecule has 0 saturated heterocycles. The highest BCUT2D eigenvalue weighted by molar-refractivity contribution is 7.09. The van der Waals surface area contributed by atoms with E-state index >= 15 is 0 Å². The molecule has 1 unspecified atom stereocenters. The monoisotopic (exact) mass is 197 g/mol. The van der Waals surface area contributed by atoms with E-state index in [-0.39, 0.29) is 5.91 Å². The van der Waals surface area contributed by atoms with Gasteiger partial charge in [-0.05, 0) is 12.1 Å². The maximum absolute atomic E-state index is 11.1. The Kier molecular flexibility index (Phi) is 3.55. The highest BCUT2D eigenvalue weighted by atomic mass is 31.0. The zero-order valence-corrected chi connectivity index (χ0v) is 7.84. The second-order valence-corrected chi connectivity index (χ2v) is 2.52. The molecule has 0 aromatic heterocycles. The van der Waals surface area contributed by atoms with Gasteiger partial charge in [-0.3, -0.25) is 14.2 Å². The van der Waals surface area contributed by atoms with Crippen LogP contribution in [-0.2, 0) is 4.62 Å². The highest BCUT2D eigenvalue weighted by Crippen LogP contribution is 2.02. The molecule has 0 aliphatic carbocycles. The van der Waals surface area contributed by atoms with Crippen LogP contribution in [0.2, 0.25) is 0 Å². The zero-order valence-electron chi connectivity index (χ0n) is 6.69. The molecule has 0 heterocycles. The van der Waals surface area contributed by atoms with E-state index in [0.29, 0.717) is 17.4 Å². The van der Waals surface area contributed by atoms with Crippen LogP contribution >= 0.6 is 9.47 Å². The van der Waals surface area contributed by atoms with E-state index in [1.807, 2.05) is 9.47 Å². The first-order valence-corrected chi connectivity index (χ1v) is 3.96. The summed E-state index contributed by atoms with van der Waals surface area (Å²) in [6.45, 7) is 0. The molecular formula is C8H8NO3P. The number of carbonyl (C=O) groups excluding carboxylic acids is 2. The van der Waals surface area contributed by atoms with E-state index < -0.39 is 0 Å². The lowest BCUT2D eigenvalue weighted by molar-refractivity contribution is 0.0795. The summed E-state index contributed by atoms with van der Waals surface area (Å²) < 4.78 is 4.36. The van der Waals surface area contributed by atoms with E-state index in [1.165, 1.54) is 0 Å². The van der Waals surface area contributed by atoms with Crippen molar-refractivity contribution in [2.75, 3.05) is 0 Å². The number of benzene rings is 1. The predicted octanol–water partition coefficient (Wildman–Crippen LogP) is 0.951. The standard InChI is InChI=1S/C8H8NO3P/c10-5-6-1-3-7(4-2-6)8(11)9-12-13/h1-5H,13H2,(H,9,11). The fourth-order valence-electron chi connectivity index (χ4n) is 0.826. The fourth-order valence-corrected chi connectivity index (χ4v) is 0.933. The van der Waals surface area contributed by atoms with Gasteiger partial charge in [0.25, 0.3) is 5.91 Å². The largest absolute Gasteiger partial charge is 0.298 e. The Labute approximate surface area is 77.5 Å². The summed E-state index contributed by atoms with van der Waals surface area (Å²) in [5.41, 5.74) is 3.10. The smallest absolute Gasteiger partial charge is 0.275 e. The van der Waals surface area contributed by atoms with Gasteiger partial charge in [0.05, 0.1) is 0 Å². The minimum atomic E-state index is -0.354. The summed E-state index contributed by atoms with van der Waals surface area (Å²) in [4.78, 5) is 21.4. The van der Waals surface area contributed by atoms with E-state index in [9.17, 15) is 9.59 Å². The molecule has 0 spiro atoms. The van der Waals surface area contributed by atoms with Gasteiger partial charge >= 0.3 is 0 Å². The Morgan fingerprint density at radius 3 is 2.46 bits per heavy atom. The maximum atomic E-state index is 11.1. The van der Waals surface area contributed by atoms with Crippen LogP contribution in [-0.4, -0.2) is 12.2 Å². The van der Waals surface area contributed by atoms with E-state index in [0.717, 1.165) is 0 Å². The molecule has 1 aromatic rings. The van der Waals surface area contributed by atoms with Crippen LogP contribution in [0.25, 0.3) is 0 Å². The number of amides is 1. The number of hydrogen-bond donors (Lipinski definition) is 1. The summed E-state index contributed by atoms with van der Waals surface area (Å²) >= 11 is 0. The molecule has 4 nitrogen and oxygen atoms in total. The maximum Gasteiger partial charge on any atom is 0.275 e. The van der Waals surface area contributed by atoms with Crippen LogP contribution in [0.1, 0.15) is 20.7 Å². The van der Waals surface area contributed by atoms with Gasteiger partial charge in [-0.25, -0.2) is 5.48 Å². The van der Waals surface area contributed by atoms with Gasteiger partial charge in [-0.15, -0.1) is 0 Å². The summed E-state index contributed by atoms with van der Waals surface area (Å²) in [6.07, 6.45) is 0.716. The van der Waals surface area contributed by atoms with Crippen molar-refractivity contribution in [1.29, 1.82) is 0 Å². The predicted molar refractivity (Wildman–Crippen MR) is 50.1 cm³/mol. The van der Waals surface area contributed by atoms with Crippen LogP contribution < -0.4 is 5.48 Å². The van der Waals surface area contributed by atoms with Gasteiger partial charge in [0, 0.05) is 20.6 Å². The topological polar surface area (TPSA) is 55.4 Å². The summed E-state index contributed by atoms with van der Waals surface area (Å²) in [5.74, 6) is -0.354. The molecule has 13 heavy (non-hydrogen) atoms. The second kappa shape index (κ2) is 4.70. The normalized spacial score (nSPS) is 9.31. The minimum Gasteiger partial charge on any atom is -0.298 e. The third kappa shape index (κ3) is 2.61. The van der Waals surface area contributed by atoms with E-state index in [4.69, 9.17) is 0 Å². The number of hydroxylamine groups is 1. The summed E-state index contributed by atoms with van der Waals surface area (Å²) in [5, 5.41) is 0. The average Bonchev–Trinajstić information content (AvgIpc) is 2.18. The van der Waals surface area contributed by atoms with Crippen molar-refractivity contribution in [1.82, 2.24) is 5.48 Å². The Morgan fingerprint density at radius 2 is 2.00 bits per heavy atom. The number of aldehydes is 1. The Hall–Kier alpha value is -1.25. The molecule has 1 rings (SSSR count). The van der Waals surface area contributed by atoms with Crippen LogP contribution in [0, 0.1) is 0 Å². The molecule has 1 aromatic carbocycles. The van der Waals surface area contributed by atoms with Gasteiger partial charge in [-0.1, -0.05) is 12.1 Å². The molecule has 1 atom stereocenters. The van der Waals surface area contributed by atoms with Crippen molar-refractivity contribution < 1.29 is 14.2 Å². The molecular weight excluding hydrogens is 189 g/mol. The molecule has 1 N–H and O–H groups in total. The van der Waals surface area contributed by atoms with Crippen molar-refractivity contribution in [2.24, 2.45) is 0 Å². The minimum absolute atomic E-state index is 0.354. The first kappa shape index (κ1) is 9.84. The molecule has 1 amide bonds. The summed E-state index contributed by atoms with van der Waals surface area (Å²) in [7, 11) is 1.90. The van der Waals surface area contributed by atoms with Gasteiger partial charge < -0.3 is 0 Å². The average molecular weight is 197 g/mol. The SMILES string of the molecule is O=Cc1ccc(C(=O)NOP)cc1. The molecule has 0 aliphatic heterocycles. The lowest BCUT2D eigenvalue weighted by atomic mass is 10.1. The molecule has 0 saturated carbocycles. The Balaban J connectivity index is 2.79. The lowest BCUT2D eigenvalue weighted by Crippen LogP contribution is -2.19. The molecule has 0 radical (unpaired) electrons. The van der Waals surface area contributed by atoms with Crippen molar-refractivity contribution in [2.45, 2.75) is 0 Å². The van der Waals surface area contributed by atoms with Gasteiger partial charge in [0.1, 0.15) is 6.29 Å². The summed E-state index contributed by atoms with van der Waals surface area (Å²) in [6, 6.07) is 6.21. The number of hydrogen-bond acceptors (Lipinski definition) is 3. The van der Waals surface area contributed by atoms with E-state index in [1.54, 1.807) is 24.3 Å². The Morgan fingerprint density at radius 1 is 1.38 bits per heavy atom. The Bertz CT molecular complexity index is 310. The van der Waals surface area contributed by atoms with E-state index in [2.05, 4.69) is 10.1 Å². The van der Waals surface area contributed by atoms with Crippen LogP contribution in [0.15, 0.2) is 24.3 Å². The molecule has 68 valence electrons. The van der Waals surface area contributed by atoms with Gasteiger partial charge in [0.2, 0.25) is 0 Å². The van der Waals surface area contributed by atoms with Crippen molar-refractivity contribution >= 4 is 21.7 Å².